The molecule has 0 spiro atoms. The second-order valence-corrected chi connectivity index (χ2v) is 6.48. The van der Waals surface area contributed by atoms with Crippen LogP contribution in [0.5, 0.6) is 0 Å². The van der Waals surface area contributed by atoms with E-state index in [1.165, 1.54) is 6.42 Å². The number of rotatable bonds is 9. The van der Waals surface area contributed by atoms with Gasteiger partial charge in [-0.1, -0.05) is 52.1 Å². The summed E-state index contributed by atoms with van der Waals surface area (Å²) >= 11 is 4.74. The molecule has 96 valence electrons. The Morgan fingerprint density at radius 3 is 2.56 bits per heavy atom. The Bertz CT molecular complexity index is 202. The van der Waals surface area contributed by atoms with Crippen LogP contribution in [0.4, 0.5) is 0 Å². The van der Waals surface area contributed by atoms with Crippen molar-refractivity contribution in [1.29, 1.82) is 0 Å². The van der Waals surface area contributed by atoms with Gasteiger partial charge in [0.05, 0.1) is 10.1 Å². The summed E-state index contributed by atoms with van der Waals surface area (Å²) in [6.07, 6.45) is 2.09. The van der Waals surface area contributed by atoms with Gasteiger partial charge in [0, 0.05) is 11.0 Å². The fourth-order valence-electron chi connectivity index (χ4n) is 1.45. The quantitative estimate of drug-likeness (QED) is 0.332. The zero-order valence-electron chi connectivity index (χ0n) is 10.3. The van der Waals surface area contributed by atoms with Crippen molar-refractivity contribution in [2.45, 2.75) is 36.8 Å². The van der Waals surface area contributed by atoms with Crippen LogP contribution in [-0.2, 0) is 4.79 Å². The summed E-state index contributed by atoms with van der Waals surface area (Å²) in [7, 11) is 2.13. The fraction of sp³-hybridized carbons (Fsp3) is 0.909. The monoisotopic (exact) mass is 452 g/mol. The summed E-state index contributed by atoms with van der Waals surface area (Å²) in [6, 6.07) is 0.0317. The van der Waals surface area contributed by atoms with Crippen LogP contribution in [0.15, 0.2) is 0 Å². The van der Waals surface area contributed by atoms with E-state index >= 15 is 0 Å². The lowest BCUT2D eigenvalue weighted by molar-refractivity contribution is -0.119. The molecule has 0 amide bonds. The number of alkyl halides is 2. The van der Waals surface area contributed by atoms with Gasteiger partial charge in [0.25, 0.3) is 0 Å². The van der Waals surface area contributed by atoms with E-state index in [0.717, 1.165) is 23.9 Å². The van der Waals surface area contributed by atoms with Gasteiger partial charge in [-0.25, -0.2) is 0 Å². The van der Waals surface area contributed by atoms with Gasteiger partial charge in [-0.3, -0.25) is 9.69 Å². The molecule has 0 aliphatic carbocycles. The molecule has 0 saturated heterocycles. The van der Waals surface area contributed by atoms with Crippen molar-refractivity contribution in [3.05, 3.63) is 0 Å². The highest BCUT2D eigenvalue weighted by molar-refractivity contribution is 14.1. The predicted octanol–water partition coefficient (Wildman–Crippen LogP) is 2.46. The van der Waals surface area contributed by atoms with Gasteiger partial charge in [0.2, 0.25) is 0 Å². The van der Waals surface area contributed by atoms with Crippen LogP contribution in [0.2, 0.25) is 0 Å². The molecule has 2 atom stereocenters. The Kier molecular flexibility index (Phi) is 10.7. The van der Waals surface area contributed by atoms with E-state index in [1.54, 1.807) is 6.92 Å². The zero-order valence-corrected chi connectivity index (χ0v) is 14.6. The molecule has 0 aromatic carbocycles. The molecule has 1 N–H and O–H groups in total. The molecule has 0 aromatic rings. The minimum atomic E-state index is 0.0317. The summed E-state index contributed by atoms with van der Waals surface area (Å²) in [6.45, 7) is 5.83. The first kappa shape index (κ1) is 17.1. The van der Waals surface area contributed by atoms with Crippen molar-refractivity contribution >= 4 is 51.0 Å². The van der Waals surface area contributed by atoms with E-state index in [-0.39, 0.29) is 11.8 Å². The average molecular weight is 452 g/mol. The summed E-state index contributed by atoms with van der Waals surface area (Å²) < 4.78 is 1.47. The van der Waals surface area contributed by atoms with Crippen LogP contribution in [0.3, 0.4) is 0 Å². The summed E-state index contributed by atoms with van der Waals surface area (Å²) in [5.74, 6) is 0.249. The summed E-state index contributed by atoms with van der Waals surface area (Å²) in [4.78, 5) is 13.7. The van der Waals surface area contributed by atoms with Crippen LogP contribution < -0.4 is 5.32 Å². The zero-order chi connectivity index (χ0) is 12.6. The van der Waals surface area contributed by atoms with E-state index in [1.807, 2.05) is 0 Å². The van der Waals surface area contributed by atoms with Crippen molar-refractivity contribution in [2.75, 3.05) is 24.6 Å². The second kappa shape index (κ2) is 10.0. The predicted molar refractivity (Wildman–Crippen MR) is 86.7 cm³/mol. The third-order valence-corrected chi connectivity index (χ3v) is 4.49. The fourth-order valence-corrected chi connectivity index (χ4v) is 2.60. The van der Waals surface area contributed by atoms with E-state index in [9.17, 15) is 4.79 Å². The summed E-state index contributed by atoms with van der Waals surface area (Å²) in [5.41, 5.74) is 0. The maximum atomic E-state index is 11.4. The van der Waals surface area contributed by atoms with E-state index < -0.39 is 0 Å². The normalized spacial score (nSPS) is 15.1. The Hall–Kier alpha value is 1.05. The third kappa shape index (κ3) is 7.39. The minimum Gasteiger partial charge on any atom is -0.305 e. The smallest absolute Gasteiger partial charge is 0.146 e. The number of nitrogens with zero attached hydrogens (tertiary/aromatic N) is 1. The standard InChI is InChI=1S/C11H22I2N2O/c1-4-7-15(3)11(13)8-14-10(5-6-12)9(2)16/h10-11,14H,4-8H2,1-3H3. The number of likely N-dealkylation sites (N-methyl/N-ethyl adjacent to an activating group) is 1. The topological polar surface area (TPSA) is 32.3 Å². The number of carbonyl (C=O) groups excluding carboxylic acids is 1. The van der Waals surface area contributed by atoms with Gasteiger partial charge in [0.15, 0.2) is 0 Å². The molecular weight excluding hydrogens is 430 g/mol. The molecule has 0 aromatic heterocycles. The van der Waals surface area contributed by atoms with Gasteiger partial charge in [-0.2, -0.15) is 0 Å². The number of Topliss-reactive ketones (excluding diaryl/α,β-unsaturated/α-hetero) is 1. The van der Waals surface area contributed by atoms with E-state index in [4.69, 9.17) is 0 Å². The van der Waals surface area contributed by atoms with Crippen LogP contribution >= 0.6 is 45.2 Å². The van der Waals surface area contributed by atoms with Crippen molar-refractivity contribution in [3.63, 3.8) is 0 Å². The molecule has 0 aliphatic heterocycles. The van der Waals surface area contributed by atoms with E-state index in [2.05, 4.69) is 69.4 Å². The molecule has 0 saturated carbocycles. The Balaban J connectivity index is 3.94. The van der Waals surface area contributed by atoms with Crippen LogP contribution in [0, 0.1) is 0 Å². The first-order valence-electron chi connectivity index (χ1n) is 5.67. The molecule has 0 rings (SSSR count). The van der Waals surface area contributed by atoms with E-state index in [0.29, 0.717) is 4.05 Å². The number of halogens is 2. The minimum absolute atomic E-state index is 0.0317. The highest BCUT2D eigenvalue weighted by Crippen LogP contribution is 2.07. The molecule has 16 heavy (non-hydrogen) atoms. The molecule has 0 radical (unpaired) electrons. The molecule has 3 nitrogen and oxygen atoms in total. The van der Waals surface area contributed by atoms with Gasteiger partial charge in [-0.05, 0) is 33.4 Å². The van der Waals surface area contributed by atoms with Gasteiger partial charge in [0.1, 0.15) is 5.78 Å². The highest BCUT2D eigenvalue weighted by Gasteiger charge is 2.16. The van der Waals surface area contributed by atoms with Gasteiger partial charge < -0.3 is 5.32 Å². The summed E-state index contributed by atoms with van der Waals surface area (Å²) in [5, 5.41) is 3.36. The molecule has 0 fully saturated rings. The molecule has 0 heterocycles. The van der Waals surface area contributed by atoms with Crippen molar-refractivity contribution in [1.82, 2.24) is 10.2 Å². The Labute approximate surface area is 126 Å². The number of hydrogen-bond acceptors (Lipinski definition) is 3. The highest BCUT2D eigenvalue weighted by atomic mass is 127. The average Bonchev–Trinajstić information content (AvgIpc) is 2.23. The van der Waals surface area contributed by atoms with Crippen LogP contribution in [-0.4, -0.2) is 45.3 Å². The molecule has 0 bridgehead atoms. The number of hydrogen-bond donors (Lipinski definition) is 1. The Morgan fingerprint density at radius 1 is 1.50 bits per heavy atom. The molecule has 5 heteroatoms. The van der Waals surface area contributed by atoms with Gasteiger partial charge in [-0.15, -0.1) is 0 Å². The molecule has 0 aliphatic rings. The van der Waals surface area contributed by atoms with Crippen LogP contribution in [0.1, 0.15) is 26.7 Å². The maximum absolute atomic E-state index is 11.4. The third-order valence-electron chi connectivity index (χ3n) is 2.48. The van der Waals surface area contributed by atoms with Crippen molar-refractivity contribution in [2.24, 2.45) is 0 Å². The number of ketones is 1. The van der Waals surface area contributed by atoms with Crippen LogP contribution in [0.25, 0.3) is 0 Å². The molecular formula is C11H22I2N2O. The lowest BCUT2D eigenvalue weighted by Gasteiger charge is -2.25. The SMILES string of the molecule is CCCN(C)C(I)CNC(CCI)C(C)=O. The lowest BCUT2D eigenvalue weighted by atomic mass is 10.1. The molecule has 2 unspecified atom stereocenters. The van der Waals surface area contributed by atoms with Gasteiger partial charge >= 0.3 is 0 Å². The van der Waals surface area contributed by atoms with Crippen molar-refractivity contribution < 1.29 is 4.79 Å². The van der Waals surface area contributed by atoms with Crippen molar-refractivity contribution in [3.8, 4) is 0 Å². The maximum Gasteiger partial charge on any atom is 0.146 e. The Morgan fingerprint density at radius 2 is 2.12 bits per heavy atom. The first-order chi connectivity index (χ1) is 7.52. The second-order valence-electron chi connectivity index (χ2n) is 3.96. The largest absolute Gasteiger partial charge is 0.305 e. The number of nitrogens with one attached hydrogen (secondary N) is 1. The first-order valence-corrected chi connectivity index (χ1v) is 8.44. The number of carbonyl (C=O) groups is 1. The lowest BCUT2D eigenvalue weighted by Crippen LogP contribution is -2.43.